The van der Waals surface area contributed by atoms with Crippen LogP contribution in [0.15, 0.2) is 0 Å². The molecule has 1 amide bonds. The highest BCUT2D eigenvalue weighted by atomic mass is 16.3. The van der Waals surface area contributed by atoms with E-state index in [4.69, 9.17) is 0 Å². The van der Waals surface area contributed by atoms with Crippen LogP contribution in [0.25, 0.3) is 0 Å². The number of hydrogen-bond donors (Lipinski definition) is 2. The number of rotatable bonds is 7. The number of amides is 1. The van der Waals surface area contributed by atoms with Crippen LogP contribution >= 0.6 is 0 Å². The molecule has 2 N–H and O–H groups in total. The lowest BCUT2D eigenvalue weighted by molar-refractivity contribution is -0.125. The van der Waals surface area contributed by atoms with Gasteiger partial charge < -0.3 is 10.4 Å². The summed E-state index contributed by atoms with van der Waals surface area (Å²) < 4.78 is 0. The van der Waals surface area contributed by atoms with Gasteiger partial charge in [-0.3, -0.25) is 4.79 Å². The predicted octanol–water partition coefficient (Wildman–Crippen LogP) is 2.62. The first-order valence-corrected chi connectivity index (χ1v) is 7.01. The maximum Gasteiger partial charge on any atom is 0.222 e. The third-order valence-corrected chi connectivity index (χ3v) is 3.55. The molecular formula is C14H27NO2. The van der Waals surface area contributed by atoms with Crippen LogP contribution in [0, 0.1) is 5.92 Å². The Morgan fingerprint density at radius 1 is 1.29 bits per heavy atom. The van der Waals surface area contributed by atoms with Crippen LogP contribution < -0.4 is 5.32 Å². The zero-order valence-electron chi connectivity index (χ0n) is 11.3. The SMILES string of the molecule is CC(C)CCCCNC(=O)CC1(O)CCCC1. The molecule has 100 valence electrons. The minimum atomic E-state index is -0.706. The summed E-state index contributed by atoms with van der Waals surface area (Å²) in [6.45, 7) is 5.18. The zero-order valence-corrected chi connectivity index (χ0v) is 11.3. The second-order valence-corrected chi connectivity index (χ2v) is 5.85. The highest BCUT2D eigenvalue weighted by Gasteiger charge is 2.33. The van der Waals surface area contributed by atoms with Gasteiger partial charge in [0.05, 0.1) is 12.0 Å². The summed E-state index contributed by atoms with van der Waals surface area (Å²) in [4.78, 5) is 11.6. The van der Waals surface area contributed by atoms with E-state index in [2.05, 4.69) is 19.2 Å². The minimum absolute atomic E-state index is 0.0129. The smallest absolute Gasteiger partial charge is 0.222 e. The van der Waals surface area contributed by atoms with Gasteiger partial charge in [0.1, 0.15) is 0 Å². The van der Waals surface area contributed by atoms with Crippen molar-refractivity contribution in [3.63, 3.8) is 0 Å². The number of nitrogens with one attached hydrogen (secondary N) is 1. The van der Waals surface area contributed by atoms with Gasteiger partial charge in [0, 0.05) is 6.54 Å². The highest BCUT2D eigenvalue weighted by molar-refractivity contribution is 5.77. The fraction of sp³-hybridized carbons (Fsp3) is 0.929. The van der Waals surface area contributed by atoms with Gasteiger partial charge in [-0.25, -0.2) is 0 Å². The number of hydrogen-bond acceptors (Lipinski definition) is 2. The molecule has 0 atom stereocenters. The standard InChI is InChI=1S/C14H27NO2/c1-12(2)7-3-6-10-15-13(16)11-14(17)8-4-5-9-14/h12,17H,3-11H2,1-2H3,(H,15,16). The summed E-state index contributed by atoms with van der Waals surface area (Å²) in [5, 5.41) is 13.0. The first kappa shape index (κ1) is 14.5. The Labute approximate surface area is 105 Å². The van der Waals surface area contributed by atoms with Gasteiger partial charge in [-0.1, -0.05) is 39.5 Å². The molecule has 1 aliphatic carbocycles. The predicted molar refractivity (Wildman–Crippen MR) is 69.7 cm³/mol. The van der Waals surface area contributed by atoms with Gasteiger partial charge in [0.15, 0.2) is 0 Å². The van der Waals surface area contributed by atoms with Crippen LogP contribution in [0.1, 0.15) is 65.2 Å². The van der Waals surface area contributed by atoms with Crippen LogP contribution in [0.2, 0.25) is 0 Å². The fourth-order valence-electron chi connectivity index (χ4n) is 2.48. The van der Waals surface area contributed by atoms with Crippen molar-refractivity contribution < 1.29 is 9.90 Å². The Balaban J connectivity index is 2.05. The molecule has 0 saturated heterocycles. The molecule has 0 aliphatic heterocycles. The molecule has 1 rings (SSSR count). The molecule has 1 saturated carbocycles. The first-order valence-electron chi connectivity index (χ1n) is 7.01. The van der Waals surface area contributed by atoms with Gasteiger partial charge in [0.2, 0.25) is 5.91 Å². The molecule has 0 unspecified atom stereocenters. The van der Waals surface area contributed by atoms with Crippen molar-refractivity contribution in [3.8, 4) is 0 Å². The summed E-state index contributed by atoms with van der Waals surface area (Å²) in [7, 11) is 0. The summed E-state index contributed by atoms with van der Waals surface area (Å²) in [6, 6.07) is 0. The molecule has 3 nitrogen and oxygen atoms in total. The molecule has 0 aromatic rings. The highest BCUT2D eigenvalue weighted by Crippen LogP contribution is 2.32. The maximum atomic E-state index is 11.6. The quantitative estimate of drug-likeness (QED) is 0.673. The second-order valence-electron chi connectivity index (χ2n) is 5.85. The Morgan fingerprint density at radius 3 is 2.53 bits per heavy atom. The Hall–Kier alpha value is -0.570. The molecule has 0 spiro atoms. The van der Waals surface area contributed by atoms with Crippen molar-refractivity contribution in [2.24, 2.45) is 5.92 Å². The van der Waals surface area contributed by atoms with Crippen LogP contribution in [0.5, 0.6) is 0 Å². The normalized spacial score (nSPS) is 18.6. The van der Waals surface area contributed by atoms with Gasteiger partial charge in [0.25, 0.3) is 0 Å². The zero-order chi connectivity index (χ0) is 12.7. The molecule has 1 fully saturated rings. The summed E-state index contributed by atoms with van der Waals surface area (Å²) in [5.74, 6) is 0.754. The van der Waals surface area contributed by atoms with Gasteiger partial charge in [-0.2, -0.15) is 0 Å². The lowest BCUT2D eigenvalue weighted by Crippen LogP contribution is -2.35. The minimum Gasteiger partial charge on any atom is -0.389 e. The van der Waals surface area contributed by atoms with E-state index in [1.54, 1.807) is 0 Å². The lowest BCUT2D eigenvalue weighted by Gasteiger charge is -2.21. The number of carbonyl (C=O) groups is 1. The van der Waals surface area contributed by atoms with E-state index in [1.165, 1.54) is 12.8 Å². The monoisotopic (exact) mass is 241 g/mol. The first-order chi connectivity index (χ1) is 8.02. The van der Waals surface area contributed by atoms with E-state index in [-0.39, 0.29) is 12.3 Å². The average molecular weight is 241 g/mol. The van der Waals surface area contributed by atoms with Crippen LogP contribution in [-0.2, 0) is 4.79 Å². The molecule has 17 heavy (non-hydrogen) atoms. The van der Waals surface area contributed by atoms with E-state index in [9.17, 15) is 9.90 Å². The number of aliphatic hydroxyl groups is 1. The molecule has 1 aliphatic rings. The number of unbranched alkanes of at least 4 members (excludes halogenated alkanes) is 1. The topological polar surface area (TPSA) is 49.3 Å². The molecule has 0 bridgehead atoms. The van der Waals surface area contributed by atoms with Crippen LogP contribution in [0.4, 0.5) is 0 Å². The molecule has 0 radical (unpaired) electrons. The summed E-state index contributed by atoms with van der Waals surface area (Å²) >= 11 is 0. The van der Waals surface area contributed by atoms with Gasteiger partial charge >= 0.3 is 0 Å². The van der Waals surface area contributed by atoms with Gasteiger partial charge in [-0.15, -0.1) is 0 Å². The largest absolute Gasteiger partial charge is 0.389 e. The average Bonchev–Trinajstić information content (AvgIpc) is 2.63. The second kappa shape index (κ2) is 7.00. The lowest BCUT2D eigenvalue weighted by atomic mass is 9.97. The van der Waals surface area contributed by atoms with E-state index < -0.39 is 5.60 Å². The van der Waals surface area contributed by atoms with E-state index in [0.717, 1.165) is 44.6 Å². The molecule has 3 heteroatoms. The molecule has 0 aromatic heterocycles. The summed E-state index contributed by atoms with van der Waals surface area (Å²) in [5.41, 5.74) is -0.706. The third-order valence-electron chi connectivity index (χ3n) is 3.55. The molecule has 0 aromatic carbocycles. The fourth-order valence-corrected chi connectivity index (χ4v) is 2.48. The van der Waals surface area contributed by atoms with Gasteiger partial charge in [-0.05, 0) is 25.2 Å². The van der Waals surface area contributed by atoms with E-state index in [1.807, 2.05) is 0 Å². The van der Waals surface area contributed by atoms with Crippen LogP contribution in [-0.4, -0.2) is 23.2 Å². The Morgan fingerprint density at radius 2 is 1.94 bits per heavy atom. The maximum absolute atomic E-state index is 11.6. The van der Waals surface area contributed by atoms with Crippen molar-refractivity contribution in [2.45, 2.75) is 70.8 Å². The third kappa shape index (κ3) is 6.06. The van der Waals surface area contributed by atoms with Crippen LogP contribution in [0.3, 0.4) is 0 Å². The molecule has 0 heterocycles. The van der Waals surface area contributed by atoms with Crippen molar-refractivity contribution in [1.82, 2.24) is 5.32 Å². The van der Waals surface area contributed by atoms with Crippen molar-refractivity contribution in [1.29, 1.82) is 0 Å². The summed E-state index contributed by atoms with van der Waals surface area (Å²) in [6.07, 6.45) is 7.40. The van der Waals surface area contributed by atoms with Crippen molar-refractivity contribution >= 4 is 5.91 Å². The number of carbonyl (C=O) groups excluding carboxylic acids is 1. The Bertz CT molecular complexity index is 232. The Kier molecular flexibility index (Phi) is 5.96. The van der Waals surface area contributed by atoms with Crippen molar-refractivity contribution in [2.75, 3.05) is 6.54 Å². The molecular weight excluding hydrogens is 214 g/mol. The van der Waals surface area contributed by atoms with Crippen molar-refractivity contribution in [3.05, 3.63) is 0 Å². The van der Waals surface area contributed by atoms with E-state index in [0.29, 0.717) is 0 Å². The van der Waals surface area contributed by atoms with E-state index >= 15 is 0 Å².